The number of nitrogens with one attached hydrogen (secondary N) is 1. The van der Waals surface area contributed by atoms with Crippen molar-refractivity contribution in [3.63, 3.8) is 0 Å². The zero-order valence-electron chi connectivity index (χ0n) is 10.8. The summed E-state index contributed by atoms with van der Waals surface area (Å²) in [5.74, 6) is 0.843. The van der Waals surface area contributed by atoms with Crippen molar-refractivity contribution in [2.45, 2.75) is 51.5 Å². The van der Waals surface area contributed by atoms with Gasteiger partial charge in [-0.05, 0) is 26.2 Å². The highest BCUT2D eigenvalue weighted by Crippen LogP contribution is 2.29. The Morgan fingerprint density at radius 2 is 2.06 bits per heavy atom. The summed E-state index contributed by atoms with van der Waals surface area (Å²) < 4.78 is 0. The van der Waals surface area contributed by atoms with Crippen LogP contribution in [-0.2, 0) is 9.59 Å². The van der Waals surface area contributed by atoms with Gasteiger partial charge in [-0.15, -0.1) is 0 Å². The van der Waals surface area contributed by atoms with Crippen LogP contribution in [0.15, 0.2) is 0 Å². The molecule has 2 fully saturated rings. The van der Waals surface area contributed by atoms with Crippen molar-refractivity contribution in [3.05, 3.63) is 0 Å². The minimum Gasteiger partial charge on any atom is -0.342 e. The standard InChI is InChI=1S/C13H22N2O2/c1-13(2)12(17)15(9-7-11(16)14-13)8-6-10-4-3-5-10/h10H,3-9H2,1-2H3,(H,14,16). The van der Waals surface area contributed by atoms with E-state index in [1.165, 1.54) is 19.3 Å². The van der Waals surface area contributed by atoms with Crippen LogP contribution in [-0.4, -0.2) is 35.3 Å². The fourth-order valence-electron chi connectivity index (χ4n) is 2.53. The molecule has 1 N–H and O–H groups in total. The van der Waals surface area contributed by atoms with Crippen molar-refractivity contribution in [3.8, 4) is 0 Å². The van der Waals surface area contributed by atoms with Crippen molar-refractivity contribution < 1.29 is 9.59 Å². The number of carbonyl (C=O) groups is 2. The van der Waals surface area contributed by atoms with Gasteiger partial charge < -0.3 is 10.2 Å². The number of hydrogen-bond donors (Lipinski definition) is 1. The van der Waals surface area contributed by atoms with Gasteiger partial charge in [0.1, 0.15) is 5.54 Å². The molecule has 2 aliphatic rings. The first-order valence-corrected chi connectivity index (χ1v) is 6.59. The maximum absolute atomic E-state index is 12.2. The molecule has 0 aromatic carbocycles. The zero-order chi connectivity index (χ0) is 12.5. The predicted molar refractivity (Wildman–Crippen MR) is 65.4 cm³/mol. The van der Waals surface area contributed by atoms with Gasteiger partial charge in [-0.25, -0.2) is 0 Å². The van der Waals surface area contributed by atoms with Crippen molar-refractivity contribution in [1.29, 1.82) is 0 Å². The average molecular weight is 238 g/mol. The monoisotopic (exact) mass is 238 g/mol. The van der Waals surface area contributed by atoms with Gasteiger partial charge in [-0.3, -0.25) is 9.59 Å². The molecule has 1 saturated carbocycles. The van der Waals surface area contributed by atoms with E-state index in [0.717, 1.165) is 18.9 Å². The third-order valence-electron chi connectivity index (χ3n) is 3.91. The lowest BCUT2D eigenvalue weighted by Crippen LogP contribution is -2.53. The number of nitrogens with zero attached hydrogens (tertiary/aromatic N) is 1. The van der Waals surface area contributed by atoms with E-state index in [1.54, 1.807) is 13.8 Å². The molecule has 1 saturated heterocycles. The van der Waals surface area contributed by atoms with Gasteiger partial charge in [-0.1, -0.05) is 19.3 Å². The smallest absolute Gasteiger partial charge is 0.247 e. The Bertz CT molecular complexity index is 321. The number of hydrogen-bond acceptors (Lipinski definition) is 2. The van der Waals surface area contributed by atoms with Gasteiger partial charge in [0.15, 0.2) is 0 Å². The molecule has 2 amide bonds. The normalized spacial score (nSPS) is 25.2. The van der Waals surface area contributed by atoms with E-state index >= 15 is 0 Å². The summed E-state index contributed by atoms with van der Waals surface area (Å²) in [5, 5.41) is 2.78. The predicted octanol–water partition coefficient (Wildman–Crippen LogP) is 1.30. The number of amides is 2. The van der Waals surface area contributed by atoms with Crippen LogP contribution in [0.1, 0.15) is 46.0 Å². The summed E-state index contributed by atoms with van der Waals surface area (Å²) in [6.07, 6.45) is 5.48. The maximum atomic E-state index is 12.2. The van der Waals surface area contributed by atoms with Crippen LogP contribution in [0.4, 0.5) is 0 Å². The number of rotatable bonds is 3. The second-order valence-electron chi connectivity index (χ2n) is 5.80. The highest BCUT2D eigenvalue weighted by molar-refractivity contribution is 5.92. The first-order chi connectivity index (χ1) is 7.99. The molecule has 4 heteroatoms. The maximum Gasteiger partial charge on any atom is 0.247 e. The molecular formula is C13H22N2O2. The van der Waals surface area contributed by atoms with Gasteiger partial charge >= 0.3 is 0 Å². The molecule has 4 nitrogen and oxygen atoms in total. The van der Waals surface area contributed by atoms with Crippen molar-refractivity contribution >= 4 is 11.8 Å². The Labute approximate surface area is 103 Å². The van der Waals surface area contributed by atoms with Crippen LogP contribution in [0.3, 0.4) is 0 Å². The Balaban J connectivity index is 1.94. The molecule has 1 aliphatic heterocycles. The third kappa shape index (κ3) is 2.79. The van der Waals surface area contributed by atoms with Crippen LogP contribution < -0.4 is 5.32 Å². The lowest BCUT2D eigenvalue weighted by Gasteiger charge is -2.32. The molecule has 0 atom stereocenters. The molecule has 0 bridgehead atoms. The highest BCUT2D eigenvalue weighted by Gasteiger charge is 2.36. The van der Waals surface area contributed by atoms with Crippen LogP contribution >= 0.6 is 0 Å². The summed E-state index contributed by atoms with van der Waals surface area (Å²) in [5.41, 5.74) is -0.743. The van der Waals surface area contributed by atoms with Gasteiger partial charge in [0.25, 0.3) is 0 Å². The van der Waals surface area contributed by atoms with E-state index in [4.69, 9.17) is 0 Å². The molecule has 96 valence electrons. The largest absolute Gasteiger partial charge is 0.342 e. The lowest BCUT2D eigenvalue weighted by atomic mass is 9.83. The first kappa shape index (κ1) is 12.4. The zero-order valence-corrected chi connectivity index (χ0v) is 10.8. The second kappa shape index (κ2) is 4.67. The lowest BCUT2D eigenvalue weighted by molar-refractivity contribution is -0.137. The molecule has 0 radical (unpaired) electrons. The summed E-state index contributed by atoms with van der Waals surface area (Å²) >= 11 is 0. The average Bonchev–Trinajstić information content (AvgIpc) is 2.26. The SMILES string of the molecule is CC1(C)NC(=O)CCN(CCC2CCC2)C1=O. The topological polar surface area (TPSA) is 49.4 Å². The molecule has 0 spiro atoms. The minimum atomic E-state index is -0.743. The molecule has 17 heavy (non-hydrogen) atoms. The fourth-order valence-corrected chi connectivity index (χ4v) is 2.53. The summed E-state index contributed by atoms with van der Waals surface area (Å²) in [6.45, 7) is 4.95. The van der Waals surface area contributed by atoms with E-state index in [0.29, 0.717) is 13.0 Å². The van der Waals surface area contributed by atoms with Crippen LogP contribution in [0.25, 0.3) is 0 Å². The van der Waals surface area contributed by atoms with Crippen molar-refractivity contribution in [2.24, 2.45) is 5.92 Å². The molecule has 2 rings (SSSR count). The summed E-state index contributed by atoms with van der Waals surface area (Å²) in [6, 6.07) is 0. The molecule has 0 aromatic rings. The molecular weight excluding hydrogens is 216 g/mol. The van der Waals surface area contributed by atoms with Gasteiger partial charge in [0, 0.05) is 19.5 Å². The molecule has 0 aromatic heterocycles. The first-order valence-electron chi connectivity index (χ1n) is 6.59. The van der Waals surface area contributed by atoms with E-state index < -0.39 is 5.54 Å². The van der Waals surface area contributed by atoms with Crippen molar-refractivity contribution in [2.75, 3.05) is 13.1 Å². The Kier molecular flexibility index (Phi) is 3.40. The van der Waals surface area contributed by atoms with Gasteiger partial charge in [0.2, 0.25) is 11.8 Å². The Morgan fingerprint density at radius 3 is 2.65 bits per heavy atom. The number of carbonyl (C=O) groups excluding carboxylic acids is 2. The second-order valence-corrected chi connectivity index (χ2v) is 5.80. The van der Waals surface area contributed by atoms with E-state index in [-0.39, 0.29) is 11.8 Å². The molecule has 0 unspecified atom stereocenters. The Morgan fingerprint density at radius 1 is 1.35 bits per heavy atom. The van der Waals surface area contributed by atoms with Crippen LogP contribution in [0, 0.1) is 5.92 Å². The molecule has 1 aliphatic carbocycles. The van der Waals surface area contributed by atoms with E-state index in [1.807, 2.05) is 4.90 Å². The Hall–Kier alpha value is -1.06. The fraction of sp³-hybridized carbons (Fsp3) is 0.846. The summed E-state index contributed by atoms with van der Waals surface area (Å²) in [7, 11) is 0. The van der Waals surface area contributed by atoms with Crippen molar-refractivity contribution in [1.82, 2.24) is 10.2 Å². The van der Waals surface area contributed by atoms with Crippen LogP contribution in [0.2, 0.25) is 0 Å². The van der Waals surface area contributed by atoms with E-state index in [9.17, 15) is 9.59 Å². The highest BCUT2D eigenvalue weighted by atomic mass is 16.2. The molecule has 1 heterocycles. The minimum absolute atomic E-state index is 0.0190. The van der Waals surface area contributed by atoms with Gasteiger partial charge in [0.05, 0.1) is 0 Å². The van der Waals surface area contributed by atoms with E-state index in [2.05, 4.69) is 5.32 Å². The van der Waals surface area contributed by atoms with Gasteiger partial charge in [-0.2, -0.15) is 0 Å². The third-order valence-corrected chi connectivity index (χ3v) is 3.91. The quantitative estimate of drug-likeness (QED) is 0.805. The van der Waals surface area contributed by atoms with Crippen LogP contribution in [0.5, 0.6) is 0 Å². The summed E-state index contributed by atoms with van der Waals surface area (Å²) in [4.78, 5) is 25.6.